The molecular formula is C20H29ClN2O3S. The maximum Gasteiger partial charge on any atom is 0.194 e. The van der Waals surface area contributed by atoms with E-state index >= 15 is 0 Å². The van der Waals surface area contributed by atoms with Crippen molar-refractivity contribution in [3.8, 4) is 5.75 Å². The highest BCUT2D eigenvalue weighted by atomic mass is 35.5. The number of unbranched alkanes of at least 4 members (excludes halogenated alkanes) is 1. The summed E-state index contributed by atoms with van der Waals surface area (Å²) >= 11 is -1.28. The molecule has 0 fully saturated rings. The predicted octanol–water partition coefficient (Wildman–Crippen LogP) is 3.09. The number of phenolic OH excluding ortho intramolecular Hbond substituents is 1. The molecule has 0 saturated carbocycles. The Kier molecular flexibility index (Phi) is 10.6. The Morgan fingerprint density at radius 2 is 1.85 bits per heavy atom. The molecule has 2 rings (SSSR count). The first-order valence-electron chi connectivity index (χ1n) is 8.80. The van der Waals surface area contributed by atoms with E-state index in [2.05, 4.69) is 29.4 Å². The number of phenols is 1. The van der Waals surface area contributed by atoms with Crippen molar-refractivity contribution in [3.63, 3.8) is 0 Å². The highest BCUT2D eigenvalue weighted by Gasteiger charge is 2.15. The number of aliphatic hydroxyl groups excluding tert-OH is 1. The monoisotopic (exact) mass is 412 g/mol. The van der Waals surface area contributed by atoms with Crippen LogP contribution < -0.4 is 10.2 Å². The minimum atomic E-state index is -1.28. The summed E-state index contributed by atoms with van der Waals surface area (Å²) in [7, 11) is 2.09. The van der Waals surface area contributed by atoms with Crippen molar-refractivity contribution in [2.75, 3.05) is 37.8 Å². The van der Waals surface area contributed by atoms with Crippen molar-refractivity contribution >= 4 is 29.3 Å². The normalized spacial score (nSPS) is 12.9. The van der Waals surface area contributed by atoms with Crippen LogP contribution in [0, 0.1) is 0 Å². The first kappa shape index (κ1) is 23.6. The molecule has 2 aromatic carbocycles. The Bertz CT molecular complexity index is 674. The van der Waals surface area contributed by atoms with Crippen LogP contribution in [-0.2, 0) is 11.2 Å². The van der Waals surface area contributed by atoms with Crippen molar-refractivity contribution in [2.24, 2.45) is 0 Å². The molecule has 0 radical (unpaired) electrons. The van der Waals surface area contributed by atoms with Crippen LogP contribution in [-0.4, -0.2) is 47.7 Å². The van der Waals surface area contributed by atoms with Gasteiger partial charge in [0.25, 0.3) is 0 Å². The largest absolute Gasteiger partial charge is 0.612 e. The SMILES string of the molecule is CN(CCCCNCC(O)c1ccc(O)c([S+](C)[O-])c1)c1ccccc1.Cl. The number of halogens is 1. The fourth-order valence-corrected chi connectivity index (χ4v) is 3.40. The zero-order valence-electron chi connectivity index (χ0n) is 15.8. The summed E-state index contributed by atoms with van der Waals surface area (Å²) in [6, 6.07) is 15.0. The summed E-state index contributed by atoms with van der Waals surface area (Å²) in [5, 5.41) is 23.2. The molecule has 0 heterocycles. The quantitative estimate of drug-likeness (QED) is 0.413. The van der Waals surface area contributed by atoms with Gasteiger partial charge in [0.05, 0.1) is 6.10 Å². The number of hydrogen-bond donors (Lipinski definition) is 3. The second kappa shape index (κ2) is 12.1. The van der Waals surface area contributed by atoms with Crippen LogP contribution in [0.2, 0.25) is 0 Å². The number of hydrogen-bond acceptors (Lipinski definition) is 5. The number of aliphatic hydroxyl groups is 1. The number of rotatable bonds is 10. The van der Waals surface area contributed by atoms with Gasteiger partial charge in [-0.3, -0.25) is 0 Å². The number of aromatic hydroxyl groups is 1. The lowest BCUT2D eigenvalue weighted by Crippen LogP contribution is -2.24. The second-order valence-corrected chi connectivity index (χ2v) is 7.71. The molecule has 5 nitrogen and oxygen atoms in total. The average Bonchev–Trinajstić information content (AvgIpc) is 2.65. The molecule has 150 valence electrons. The first-order valence-corrected chi connectivity index (χ1v) is 10.4. The highest BCUT2D eigenvalue weighted by molar-refractivity contribution is 7.90. The van der Waals surface area contributed by atoms with Crippen LogP contribution >= 0.6 is 12.4 Å². The van der Waals surface area contributed by atoms with E-state index in [-0.39, 0.29) is 18.2 Å². The fourth-order valence-electron chi connectivity index (χ4n) is 2.74. The van der Waals surface area contributed by atoms with Crippen LogP contribution in [0.1, 0.15) is 24.5 Å². The summed E-state index contributed by atoms with van der Waals surface area (Å²) < 4.78 is 11.6. The number of para-hydroxylation sites is 1. The summed E-state index contributed by atoms with van der Waals surface area (Å²) in [6.07, 6.45) is 2.90. The van der Waals surface area contributed by atoms with Gasteiger partial charge in [0.1, 0.15) is 6.26 Å². The lowest BCUT2D eigenvalue weighted by atomic mass is 10.1. The standard InChI is InChI=1S/C20H28N2O3S.ClH/c1-22(17-8-4-3-5-9-17)13-7-6-12-21-15-19(24)16-10-11-18(23)20(14-16)26(2)25;/h3-5,8-11,14,19,21,23-24H,6-7,12-13,15H2,1-2H3;1H. The molecule has 0 aliphatic carbocycles. The molecule has 7 heteroatoms. The van der Waals surface area contributed by atoms with E-state index in [4.69, 9.17) is 0 Å². The maximum absolute atomic E-state index is 11.6. The van der Waals surface area contributed by atoms with E-state index in [1.165, 1.54) is 18.0 Å². The molecule has 0 amide bonds. The zero-order chi connectivity index (χ0) is 18.9. The third-order valence-corrected chi connectivity index (χ3v) is 5.26. The Balaban J connectivity index is 0.00000364. The van der Waals surface area contributed by atoms with Crippen LogP contribution in [0.25, 0.3) is 0 Å². The van der Waals surface area contributed by atoms with Crippen molar-refractivity contribution in [1.29, 1.82) is 0 Å². The van der Waals surface area contributed by atoms with Crippen LogP contribution in [0.15, 0.2) is 53.4 Å². The number of nitrogens with one attached hydrogen (secondary N) is 1. The fraction of sp³-hybridized carbons (Fsp3) is 0.400. The molecule has 2 aromatic rings. The summed E-state index contributed by atoms with van der Waals surface area (Å²) in [6.45, 7) is 2.23. The second-order valence-electron chi connectivity index (χ2n) is 6.37. The van der Waals surface area contributed by atoms with E-state index < -0.39 is 17.3 Å². The maximum atomic E-state index is 11.6. The average molecular weight is 413 g/mol. The first-order chi connectivity index (χ1) is 12.5. The molecular weight excluding hydrogens is 384 g/mol. The van der Waals surface area contributed by atoms with Gasteiger partial charge in [-0.2, -0.15) is 0 Å². The van der Waals surface area contributed by atoms with E-state index in [1.807, 2.05) is 18.2 Å². The molecule has 2 atom stereocenters. The molecule has 0 saturated heterocycles. The number of anilines is 1. The Morgan fingerprint density at radius 1 is 1.15 bits per heavy atom. The topological polar surface area (TPSA) is 78.8 Å². The lowest BCUT2D eigenvalue weighted by Gasteiger charge is -2.19. The molecule has 0 spiro atoms. The number of nitrogens with zero attached hydrogens (tertiary/aromatic N) is 1. The van der Waals surface area contributed by atoms with Crippen molar-refractivity contribution in [3.05, 3.63) is 54.1 Å². The van der Waals surface area contributed by atoms with Gasteiger partial charge in [-0.15, -0.1) is 12.4 Å². The van der Waals surface area contributed by atoms with Gasteiger partial charge in [-0.05, 0) is 54.3 Å². The molecule has 2 unspecified atom stereocenters. The third-order valence-electron chi connectivity index (χ3n) is 4.31. The molecule has 0 aliphatic heterocycles. The van der Waals surface area contributed by atoms with Gasteiger partial charge in [0, 0.05) is 31.9 Å². The van der Waals surface area contributed by atoms with Gasteiger partial charge in [-0.25, -0.2) is 0 Å². The third kappa shape index (κ3) is 7.60. The van der Waals surface area contributed by atoms with E-state index in [0.717, 1.165) is 25.9 Å². The minimum Gasteiger partial charge on any atom is -0.612 e. The van der Waals surface area contributed by atoms with E-state index in [0.29, 0.717) is 17.0 Å². The van der Waals surface area contributed by atoms with Crippen LogP contribution in [0.4, 0.5) is 5.69 Å². The predicted molar refractivity (Wildman–Crippen MR) is 114 cm³/mol. The number of benzene rings is 2. The van der Waals surface area contributed by atoms with Gasteiger partial charge in [0.2, 0.25) is 0 Å². The van der Waals surface area contributed by atoms with Gasteiger partial charge in [0.15, 0.2) is 10.6 Å². The molecule has 0 aliphatic rings. The molecule has 27 heavy (non-hydrogen) atoms. The Labute approximate surface area is 171 Å². The summed E-state index contributed by atoms with van der Waals surface area (Å²) in [4.78, 5) is 2.59. The van der Waals surface area contributed by atoms with Crippen molar-refractivity contribution < 1.29 is 14.8 Å². The lowest BCUT2D eigenvalue weighted by molar-refractivity contribution is 0.174. The molecule has 3 N–H and O–H groups in total. The van der Waals surface area contributed by atoms with Crippen LogP contribution in [0.3, 0.4) is 0 Å². The van der Waals surface area contributed by atoms with Crippen molar-refractivity contribution in [2.45, 2.75) is 23.8 Å². The zero-order valence-corrected chi connectivity index (χ0v) is 17.4. The minimum absolute atomic E-state index is 0. The highest BCUT2D eigenvalue weighted by Crippen LogP contribution is 2.26. The van der Waals surface area contributed by atoms with Crippen LogP contribution in [0.5, 0.6) is 5.75 Å². The van der Waals surface area contributed by atoms with Crippen molar-refractivity contribution in [1.82, 2.24) is 5.32 Å². The van der Waals surface area contributed by atoms with E-state index in [9.17, 15) is 14.8 Å². The molecule has 0 aromatic heterocycles. The molecule has 0 bridgehead atoms. The van der Waals surface area contributed by atoms with Gasteiger partial charge in [-0.1, -0.05) is 24.3 Å². The van der Waals surface area contributed by atoms with E-state index in [1.54, 1.807) is 12.1 Å². The summed E-state index contributed by atoms with van der Waals surface area (Å²) in [5.41, 5.74) is 1.87. The van der Waals surface area contributed by atoms with Gasteiger partial charge >= 0.3 is 0 Å². The smallest absolute Gasteiger partial charge is 0.194 e. The van der Waals surface area contributed by atoms with Gasteiger partial charge < -0.3 is 25.0 Å². The summed E-state index contributed by atoms with van der Waals surface area (Å²) in [5.74, 6) is -0.00252. The Morgan fingerprint density at radius 3 is 2.52 bits per heavy atom. The Hall–Kier alpha value is -1.44.